The highest BCUT2D eigenvalue weighted by atomic mass is 16.6. The fraction of sp³-hybridized carbons (Fsp3) is 0.259. The van der Waals surface area contributed by atoms with E-state index in [0.717, 1.165) is 37.6 Å². The van der Waals surface area contributed by atoms with Gasteiger partial charge in [0.25, 0.3) is 17.5 Å². The summed E-state index contributed by atoms with van der Waals surface area (Å²) in [6.45, 7) is 5.47. The van der Waals surface area contributed by atoms with E-state index in [-0.39, 0.29) is 22.8 Å². The fourth-order valence-electron chi connectivity index (χ4n) is 4.40. The highest BCUT2D eigenvalue weighted by Crippen LogP contribution is 2.31. The molecular formula is C27H30N6O4. The lowest BCUT2D eigenvalue weighted by molar-refractivity contribution is -0.383. The molecule has 0 unspecified atom stereocenters. The summed E-state index contributed by atoms with van der Waals surface area (Å²) in [5.74, 6) is -0.743. The van der Waals surface area contributed by atoms with Crippen molar-refractivity contribution < 1.29 is 14.5 Å². The third kappa shape index (κ3) is 5.39. The molecule has 3 N–H and O–H groups in total. The summed E-state index contributed by atoms with van der Waals surface area (Å²) >= 11 is 0. The van der Waals surface area contributed by atoms with Crippen LogP contribution in [0.25, 0.3) is 0 Å². The van der Waals surface area contributed by atoms with Crippen LogP contribution in [0.3, 0.4) is 0 Å². The van der Waals surface area contributed by atoms with Crippen LogP contribution in [0.2, 0.25) is 0 Å². The summed E-state index contributed by atoms with van der Waals surface area (Å²) in [6.07, 6.45) is 0. The standard InChI is InChI=1S/C27H30N6O4/c1-18-17-19(11-12-21(18)29-26(34)20-7-6-10-24(25(20)28)33(36)37)27(35)31(3)22-8-4-5-9-23(22)32-15-13-30(2)14-16-32/h4-12,17H,13-16,28H2,1-3H3,(H,29,34). The highest BCUT2D eigenvalue weighted by molar-refractivity contribution is 6.10. The van der Waals surface area contributed by atoms with Crippen LogP contribution in [0, 0.1) is 17.0 Å². The van der Waals surface area contributed by atoms with Gasteiger partial charge in [0.2, 0.25) is 0 Å². The van der Waals surface area contributed by atoms with Gasteiger partial charge in [0.05, 0.1) is 21.9 Å². The van der Waals surface area contributed by atoms with Crippen molar-refractivity contribution in [1.82, 2.24) is 4.90 Å². The molecule has 10 nitrogen and oxygen atoms in total. The molecular weight excluding hydrogens is 472 g/mol. The molecule has 37 heavy (non-hydrogen) atoms. The molecule has 2 amide bonds. The summed E-state index contributed by atoms with van der Waals surface area (Å²) in [7, 11) is 3.86. The van der Waals surface area contributed by atoms with E-state index in [9.17, 15) is 19.7 Å². The summed E-state index contributed by atoms with van der Waals surface area (Å²) in [6, 6.07) is 17.0. The number of piperazine rings is 1. The van der Waals surface area contributed by atoms with Gasteiger partial charge in [-0.15, -0.1) is 0 Å². The van der Waals surface area contributed by atoms with E-state index in [4.69, 9.17) is 5.73 Å². The maximum atomic E-state index is 13.4. The number of nitrogen functional groups attached to an aromatic ring is 1. The van der Waals surface area contributed by atoms with Gasteiger partial charge in [-0.3, -0.25) is 19.7 Å². The number of nitro groups is 1. The van der Waals surface area contributed by atoms with Crippen LogP contribution in [-0.4, -0.2) is 61.9 Å². The Bertz CT molecular complexity index is 1350. The maximum absolute atomic E-state index is 13.4. The normalized spacial score (nSPS) is 13.8. The summed E-state index contributed by atoms with van der Waals surface area (Å²) < 4.78 is 0. The van der Waals surface area contributed by atoms with Crippen LogP contribution in [0.4, 0.5) is 28.4 Å². The first-order chi connectivity index (χ1) is 17.7. The Morgan fingerprint density at radius 3 is 2.41 bits per heavy atom. The van der Waals surface area contributed by atoms with Gasteiger partial charge in [0.1, 0.15) is 5.69 Å². The average molecular weight is 503 g/mol. The maximum Gasteiger partial charge on any atom is 0.292 e. The first kappa shape index (κ1) is 25.6. The van der Waals surface area contributed by atoms with Crippen LogP contribution >= 0.6 is 0 Å². The zero-order chi connectivity index (χ0) is 26.7. The number of rotatable bonds is 6. The van der Waals surface area contributed by atoms with E-state index in [2.05, 4.69) is 22.2 Å². The summed E-state index contributed by atoms with van der Waals surface area (Å²) in [5, 5.41) is 13.9. The number of hydrogen-bond donors (Lipinski definition) is 2. The van der Waals surface area contributed by atoms with Crippen LogP contribution in [0.1, 0.15) is 26.3 Å². The molecule has 1 heterocycles. The minimum Gasteiger partial charge on any atom is -0.393 e. The van der Waals surface area contributed by atoms with Gasteiger partial charge in [-0.25, -0.2) is 0 Å². The van der Waals surface area contributed by atoms with Gasteiger partial charge in [-0.2, -0.15) is 0 Å². The summed E-state index contributed by atoms with van der Waals surface area (Å²) in [4.78, 5) is 42.9. The number of hydrogen-bond acceptors (Lipinski definition) is 7. The lowest BCUT2D eigenvalue weighted by Gasteiger charge is -2.36. The fourth-order valence-corrected chi connectivity index (χ4v) is 4.40. The second-order valence-electron chi connectivity index (χ2n) is 9.12. The zero-order valence-electron chi connectivity index (χ0n) is 21.1. The highest BCUT2D eigenvalue weighted by Gasteiger charge is 2.23. The number of amides is 2. The number of likely N-dealkylation sites (N-methyl/N-ethyl adjacent to an activating group) is 1. The smallest absolute Gasteiger partial charge is 0.292 e. The minimum atomic E-state index is -0.629. The average Bonchev–Trinajstić information content (AvgIpc) is 2.89. The number of carbonyl (C=O) groups excluding carboxylic acids is 2. The van der Waals surface area contributed by atoms with Crippen LogP contribution in [0.15, 0.2) is 60.7 Å². The molecule has 3 aromatic rings. The van der Waals surface area contributed by atoms with Gasteiger partial charge in [-0.05, 0) is 55.9 Å². The number of para-hydroxylation sites is 3. The molecule has 4 rings (SSSR count). The molecule has 10 heteroatoms. The van der Waals surface area contributed by atoms with Crippen molar-refractivity contribution in [2.45, 2.75) is 6.92 Å². The van der Waals surface area contributed by atoms with Crippen molar-refractivity contribution in [3.8, 4) is 0 Å². The molecule has 0 bridgehead atoms. The Labute approximate surface area is 215 Å². The number of nitro benzene ring substituents is 1. The number of nitrogens with two attached hydrogens (primary N) is 1. The van der Waals surface area contributed by atoms with Crippen molar-refractivity contribution in [2.75, 3.05) is 61.1 Å². The third-order valence-corrected chi connectivity index (χ3v) is 6.64. The van der Waals surface area contributed by atoms with Crippen molar-refractivity contribution in [3.05, 3.63) is 87.5 Å². The SMILES string of the molecule is Cc1cc(C(=O)N(C)c2ccccc2N2CCN(C)CC2)ccc1NC(=O)c1cccc([N+](=O)[O-])c1N. The van der Waals surface area contributed by atoms with Crippen molar-refractivity contribution in [3.63, 3.8) is 0 Å². The molecule has 0 aliphatic carbocycles. The molecule has 0 radical (unpaired) electrons. The predicted molar refractivity (Wildman–Crippen MR) is 146 cm³/mol. The number of nitrogens with one attached hydrogen (secondary N) is 1. The molecule has 1 saturated heterocycles. The Morgan fingerprint density at radius 2 is 1.73 bits per heavy atom. The van der Waals surface area contributed by atoms with E-state index in [1.54, 1.807) is 37.1 Å². The second kappa shape index (κ2) is 10.7. The van der Waals surface area contributed by atoms with Gasteiger partial charge < -0.3 is 25.8 Å². The molecule has 1 fully saturated rings. The predicted octanol–water partition coefficient (Wildman–Crippen LogP) is 3.77. The van der Waals surface area contributed by atoms with Crippen LogP contribution < -0.4 is 20.9 Å². The Balaban J connectivity index is 1.53. The largest absolute Gasteiger partial charge is 0.393 e. The monoisotopic (exact) mass is 502 g/mol. The van der Waals surface area contributed by atoms with E-state index in [1.165, 1.54) is 18.2 Å². The van der Waals surface area contributed by atoms with Gasteiger partial charge in [0, 0.05) is 50.5 Å². The lowest BCUT2D eigenvalue weighted by Crippen LogP contribution is -2.45. The number of benzene rings is 3. The van der Waals surface area contributed by atoms with E-state index in [0.29, 0.717) is 16.8 Å². The van der Waals surface area contributed by atoms with E-state index in [1.807, 2.05) is 24.3 Å². The summed E-state index contributed by atoms with van der Waals surface area (Å²) in [5.41, 5.74) is 8.79. The van der Waals surface area contributed by atoms with Crippen LogP contribution in [-0.2, 0) is 0 Å². The molecule has 192 valence electrons. The number of aryl methyl sites for hydroxylation is 1. The van der Waals surface area contributed by atoms with Gasteiger partial charge >= 0.3 is 0 Å². The van der Waals surface area contributed by atoms with Crippen molar-refractivity contribution >= 4 is 40.3 Å². The van der Waals surface area contributed by atoms with Gasteiger partial charge in [0.15, 0.2) is 0 Å². The van der Waals surface area contributed by atoms with Gasteiger partial charge in [-0.1, -0.05) is 18.2 Å². The molecule has 0 spiro atoms. The molecule has 1 aliphatic rings. The Kier molecular flexibility index (Phi) is 7.40. The minimum absolute atomic E-state index is 0.00833. The first-order valence-corrected chi connectivity index (χ1v) is 11.9. The zero-order valence-corrected chi connectivity index (χ0v) is 21.1. The number of anilines is 4. The number of carbonyl (C=O) groups is 2. The molecule has 0 aromatic heterocycles. The first-order valence-electron chi connectivity index (χ1n) is 11.9. The second-order valence-corrected chi connectivity index (χ2v) is 9.12. The third-order valence-electron chi connectivity index (χ3n) is 6.64. The molecule has 3 aromatic carbocycles. The molecule has 1 aliphatic heterocycles. The lowest BCUT2D eigenvalue weighted by atomic mass is 10.1. The van der Waals surface area contributed by atoms with E-state index < -0.39 is 10.8 Å². The van der Waals surface area contributed by atoms with Crippen molar-refractivity contribution in [2.24, 2.45) is 0 Å². The molecule has 0 saturated carbocycles. The molecule has 0 atom stereocenters. The topological polar surface area (TPSA) is 125 Å². The quantitative estimate of drug-likeness (QED) is 0.299. The van der Waals surface area contributed by atoms with E-state index >= 15 is 0 Å². The van der Waals surface area contributed by atoms with Crippen LogP contribution in [0.5, 0.6) is 0 Å². The van der Waals surface area contributed by atoms with Crippen molar-refractivity contribution in [1.29, 1.82) is 0 Å². The Morgan fingerprint density at radius 1 is 1.03 bits per heavy atom. The Hall–Kier alpha value is -4.44. The number of nitrogens with zero attached hydrogens (tertiary/aromatic N) is 4.